The molecule has 2 aromatic carbocycles. The van der Waals surface area contributed by atoms with E-state index >= 15 is 0 Å². The van der Waals surface area contributed by atoms with Crippen LogP contribution in [0.3, 0.4) is 0 Å². The molecular formula is C23H22BrN5O2. The Bertz CT molecular complexity index is 1100. The Morgan fingerprint density at radius 1 is 1.06 bits per heavy atom. The lowest BCUT2D eigenvalue weighted by molar-refractivity contribution is -0.114. The molecule has 0 unspecified atom stereocenters. The molecule has 0 bridgehead atoms. The molecule has 0 aliphatic heterocycles. The maximum Gasteiger partial charge on any atom is 0.258 e. The molecule has 3 N–H and O–H groups in total. The number of aliphatic imine (C=N–C) groups is 1. The summed E-state index contributed by atoms with van der Waals surface area (Å²) in [6.07, 6.45) is 3.42. The van der Waals surface area contributed by atoms with Gasteiger partial charge in [0.1, 0.15) is 0 Å². The number of nitrogens with zero attached hydrogens (tertiary/aromatic N) is 2. The summed E-state index contributed by atoms with van der Waals surface area (Å²) in [5, 5.41) is 8.70. The zero-order valence-corrected chi connectivity index (χ0v) is 18.7. The Hall–Kier alpha value is -3.52. The molecule has 0 saturated carbocycles. The van der Waals surface area contributed by atoms with Gasteiger partial charge in [-0.1, -0.05) is 28.1 Å². The molecule has 0 spiro atoms. The maximum absolute atomic E-state index is 12.9. The van der Waals surface area contributed by atoms with Crippen LogP contribution in [0.25, 0.3) is 0 Å². The number of hydrogen-bond acceptors (Lipinski definition) is 4. The molecule has 0 radical (unpaired) electrons. The minimum Gasteiger partial charge on any atom is -0.326 e. The molecule has 8 heteroatoms. The topological polar surface area (TPSA) is 95.5 Å². The fourth-order valence-corrected chi connectivity index (χ4v) is 2.97. The van der Waals surface area contributed by atoms with Crippen LogP contribution >= 0.6 is 15.9 Å². The fraction of sp³-hybridized carbons (Fsp3) is 0.130. The molecule has 0 fully saturated rings. The SMILES string of the molecule is CC(=O)Nc1cc(C(=O)NC(=NCc2cccnc2)Nc2ccc(Br)cc2)ccc1C. The van der Waals surface area contributed by atoms with E-state index in [0.717, 1.165) is 21.3 Å². The summed E-state index contributed by atoms with van der Waals surface area (Å²) in [7, 11) is 0. The van der Waals surface area contributed by atoms with E-state index in [1.807, 2.05) is 43.3 Å². The van der Waals surface area contributed by atoms with E-state index in [0.29, 0.717) is 23.8 Å². The normalized spacial score (nSPS) is 11.0. The van der Waals surface area contributed by atoms with Crippen molar-refractivity contribution in [3.8, 4) is 0 Å². The van der Waals surface area contributed by atoms with Crippen LogP contribution in [0.5, 0.6) is 0 Å². The average Bonchev–Trinajstić information content (AvgIpc) is 2.75. The van der Waals surface area contributed by atoms with E-state index in [4.69, 9.17) is 0 Å². The van der Waals surface area contributed by atoms with Crippen LogP contribution in [0.15, 0.2) is 76.5 Å². The van der Waals surface area contributed by atoms with Gasteiger partial charge in [-0.3, -0.25) is 19.9 Å². The van der Waals surface area contributed by atoms with Crippen LogP contribution in [-0.4, -0.2) is 22.8 Å². The molecule has 0 aliphatic carbocycles. The van der Waals surface area contributed by atoms with Crippen LogP contribution in [0, 0.1) is 6.92 Å². The number of pyridine rings is 1. The molecule has 158 valence electrons. The highest BCUT2D eigenvalue weighted by atomic mass is 79.9. The Morgan fingerprint density at radius 2 is 1.84 bits per heavy atom. The van der Waals surface area contributed by atoms with Gasteiger partial charge in [0.25, 0.3) is 5.91 Å². The zero-order valence-electron chi connectivity index (χ0n) is 17.1. The number of anilines is 2. The van der Waals surface area contributed by atoms with E-state index in [2.05, 4.69) is 41.9 Å². The second-order valence-corrected chi connectivity index (χ2v) is 7.74. The monoisotopic (exact) mass is 479 g/mol. The molecule has 7 nitrogen and oxygen atoms in total. The Morgan fingerprint density at radius 3 is 2.52 bits per heavy atom. The number of carbonyl (C=O) groups excluding carboxylic acids is 2. The van der Waals surface area contributed by atoms with Gasteiger partial charge in [0.2, 0.25) is 11.9 Å². The lowest BCUT2D eigenvalue weighted by atomic mass is 10.1. The number of halogens is 1. The average molecular weight is 480 g/mol. The first kappa shape index (κ1) is 22.2. The summed E-state index contributed by atoms with van der Waals surface area (Å²) >= 11 is 3.41. The highest BCUT2D eigenvalue weighted by Gasteiger charge is 2.12. The van der Waals surface area contributed by atoms with E-state index in [-0.39, 0.29) is 11.8 Å². The number of nitrogens with one attached hydrogen (secondary N) is 3. The van der Waals surface area contributed by atoms with Gasteiger partial charge in [-0.25, -0.2) is 4.99 Å². The minimum atomic E-state index is -0.346. The summed E-state index contributed by atoms with van der Waals surface area (Å²) in [5.41, 5.74) is 3.55. The third kappa shape index (κ3) is 6.75. The number of aryl methyl sites for hydroxylation is 1. The van der Waals surface area contributed by atoms with Crippen molar-refractivity contribution in [2.45, 2.75) is 20.4 Å². The Labute approximate surface area is 189 Å². The maximum atomic E-state index is 12.9. The van der Waals surface area contributed by atoms with Gasteiger partial charge in [-0.05, 0) is 60.5 Å². The van der Waals surface area contributed by atoms with E-state index < -0.39 is 0 Å². The van der Waals surface area contributed by atoms with Crippen LogP contribution in [0.4, 0.5) is 11.4 Å². The lowest BCUT2D eigenvalue weighted by Gasteiger charge is -2.13. The van der Waals surface area contributed by atoms with Crippen molar-refractivity contribution in [1.29, 1.82) is 0 Å². The molecule has 1 aromatic heterocycles. The summed E-state index contributed by atoms with van der Waals surface area (Å²) in [5.74, 6) is -0.240. The van der Waals surface area contributed by atoms with Crippen molar-refractivity contribution in [1.82, 2.24) is 10.3 Å². The summed E-state index contributed by atoms with van der Waals surface area (Å²) < 4.78 is 0.945. The van der Waals surface area contributed by atoms with Crippen molar-refractivity contribution in [2.24, 2.45) is 4.99 Å². The number of carbonyl (C=O) groups is 2. The van der Waals surface area contributed by atoms with Gasteiger partial charge in [0.05, 0.1) is 6.54 Å². The molecule has 0 atom stereocenters. The van der Waals surface area contributed by atoms with Crippen LogP contribution in [0.1, 0.15) is 28.4 Å². The highest BCUT2D eigenvalue weighted by molar-refractivity contribution is 9.10. The Balaban J connectivity index is 1.82. The molecule has 3 aromatic rings. The molecule has 3 rings (SSSR count). The second-order valence-electron chi connectivity index (χ2n) is 6.82. The van der Waals surface area contributed by atoms with Gasteiger partial charge >= 0.3 is 0 Å². The third-order valence-corrected chi connectivity index (χ3v) is 4.82. The minimum absolute atomic E-state index is 0.198. The first-order chi connectivity index (χ1) is 14.9. The van der Waals surface area contributed by atoms with Gasteiger partial charge in [-0.15, -0.1) is 0 Å². The number of amides is 2. The number of rotatable bonds is 5. The van der Waals surface area contributed by atoms with Gasteiger partial charge in [-0.2, -0.15) is 0 Å². The summed E-state index contributed by atoms with van der Waals surface area (Å²) in [6, 6.07) is 16.4. The van der Waals surface area contributed by atoms with Crippen molar-refractivity contribution in [3.05, 3.63) is 88.2 Å². The Kier molecular flexibility index (Phi) is 7.50. The van der Waals surface area contributed by atoms with Gasteiger partial charge in [0, 0.05) is 40.7 Å². The fourth-order valence-electron chi connectivity index (χ4n) is 2.71. The van der Waals surface area contributed by atoms with Crippen molar-refractivity contribution >= 4 is 45.1 Å². The van der Waals surface area contributed by atoms with Crippen LogP contribution in [0.2, 0.25) is 0 Å². The van der Waals surface area contributed by atoms with Gasteiger partial charge in [0.15, 0.2) is 0 Å². The zero-order chi connectivity index (χ0) is 22.2. The number of benzene rings is 2. The van der Waals surface area contributed by atoms with Crippen LogP contribution < -0.4 is 16.0 Å². The predicted molar refractivity (Wildman–Crippen MR) is 126 cm³/mol. The molecule has 1 heterocycles. The quantitative estimate of drug-likeness (QED) is 0.370. The lowest BCUT2D eigenvalue weighted by Crippen LogP contribution is -2.36. The van der Waals surface area contributed by atoms with Crippen LogP contribution in [-0.2, 0) is 11.3 Å². The van der Waals surface area contributed by atoms with E-state index in [1.54, 1.807) is 30.6 Å². The summed E-state index contributed by atoms with van der Waals surface area (Å²) in [6.45, 7) is 3.64. The largest absolute Gasteiger partial charge is 0.326 e. The first-order valence-electron chi connectivity index (χ1n) is 9.56. The highest BCUT2D eigenvalue weighted by Crippen LogP contribution is 2.17. The number of guanidine groups is 1. The van der Waals surface area contributed by atoms with Crippen molar-refractivity contribution in [2.75, 3.05) is 10.6 Å². The number of hydrogen-bond donors (Lipinski definition) is 3. The van der Waals surface area contributed by atoms with Gasteiger partial charge < -0.3 is 10.6 Å². The second kappa shape index (κ2) is 10.5. The smallest absolute Gasteiger partial charge is 0.258 e. The standard InChI is InChI=1S/C23H22BrN5O2/c1-15-5-6-18(12-21(15)27-16(2)30)22(31)29-23(26-14-17-4-3-11-25-13-17)28-20-9-7-19(24)8-10-20/h3-13H,14H2,1-2H3,(H,27,30)(H2,26,28,29,31). The van der Waals surface area contributed by atoms with Crippen molar-refractivity contribution < 1.29 is 9.59 Å². The molecule has 31 heavy (non-hydrogen) atoms. The predicted octanol–water partition coefficient (Wildman–Crippen LogP) is 4.51. The van der Waals surface area contributed by atoms with E-state index in [1.165, 1.54) is 6.92 Å². The number of aromatic nitrogens is 1. The first-order valence-corrected chi connectivity index (χ1v) is 10.4. The van der Waals surface area contributed by atoms with E-state index in [9.17, 15) is 9.59 Å². The molecular weight excluding hydrogens is 458 g/mol. The molecule has 2 amide bonds. The molecule has 0 aliphatic rings. The van der Waals surface area contributed by atoms with Crippen molar-refractivity contribution in [3.63, 3.8) is 0 Å². The third-order valence-electron chi connectivity index (χ3n) is 4.29. The molecule has 0 saturated heterocycles. The summed E-state index contributed by atoms with van der Waals surface area (Å²) in [4.78, 5) is 32.9.